The molecule has 0 aliphatic rings. The number of halogens is 1. The van der Waals surface area contributed by atoms with Crippen LogP contribution < -0.4 is 5.32 Å². The van der Waals surface area contributed by atoms with Gasteiger partial charge in [-0.3, -0.25) is 4.79 Å². The van der Waals surface area contributed by atoms with Crippen LogP contribution in [0.3, 0.4) is 0 Å². The lowest BCUT2D eigenvalue weighted by molar-refractivity contribution is -0.151. The largest absolute Gasteiger partial charge is 0.459 e. The number of carbonyl (C=O) groups is 1. The molecule has 0 saturated heterocycles. The Bertz CT molecular complexity index is 472. The van der Waals surface area contributed by atoms with Crippen LogP contribution >= 0.6 is 27.7 Å². The molecular formula is C16H24BrNO2S. The van der Waals surface area contributed by atoms with Crippen LogP contribution in [0.5, 0.6) is 0 Å². The zero-order chi connectivity index (χ0) is 15.9. The second-order valence-electron chi connectivity index (χ2n) is 5.81. The summed E-state index contributed by atoms with van der Waals surface area (Å²) < 4.78 is 6.37. The summed E-state index contributed by atoms with van der Waals surface area (Å²) in [6, 6.07) is 6.19. The molecule has 21 heavy (non-hydrogen) atoms. The summed E-state index contributed by atoms with van der Waals surface area (Å²) in [5, 5.41) is 3.38. The molecule has 1 rings (SSSR count). The molecular weight excluding hydrogens is 350 g/mol. The van der Waals surface area contributed by atoms with Gasteiger partial charge in [0.1, 0.15) is 5.60 Å². The number of hydrogen-bond acceptors (Lipinski definition) is 4. The Balaban J connectivity index is 2.50. The Labute approximate surface area is 140 Å². The molecule has 0 aliphatic carbocycles. The van der Waals surface area contributed by atoms with Gasteiger partial charge in [0.25, 0.3) is 0 Å². The Kier molecular flexibility index (Phi) is 7.77. The number of ether oxygens (including phenoxy) is 1. The summed E-state index contributed by atoms with van der Waals surface area (Å²) >= 11 is 5.08. The maximum atomic E-state index is 11.7. The van der Waals surface area contributed by atoms with Crippen LogP contribution in [0.15, 0.2) is 27.6 Å². The van der Waals surface area contributed by atoms with Crippen molar-refractivity contribution in [1.29, 1.82) is 0 Å². The maximum absolute atomic E-state index is 11.7. The molecule has 118 valence electrons. The van der Waals surface area contributed by atoms with E-state index in [1.54, 1.807) is 0 Å². The van der Waals surface area contributed by atoms with E-state index in [2.05, 4.69) is 40.3 Å². The number of hydrogen-bond donors (Lipinski definition) is 1. The lowest BCUT2D eigenvalue weighted by atomic mass is 10.2. The summed E-state index contributed by atoms with van der Waals surface area (Å²) in [7, 11) is 0. The third kappa shape index (κ3) is 7.88. The van der Waals surface area contributed by atoms with Crippen LogP contribution in [-0.4, -0.2) is 23.9 Å². The van der Waals surface area contributed by atoms with E-state index in [9.17, 15) is 4.79 Å². The van der Waals surface area contributed by atoms with Crippen LogP contribution in [-0.2, 0) is 16.1 Å². The molecule has 1 N–H and O–H groups in total. The first-order valence-corrected chi connectivity index (χ1v) is 8.93. The lowest BCUT2D eigenvalue weighted by Crippen LogP contribution is -2.24. The van der Waals surface area contributed by atoms with Crippen molar-refractivity contribution < 1.29 is 9.53 Å². The van der Waals surface area contributed by atoms with Gasteiger partial charge >= 0.3 is 5.97 Å². The first-order chi connectivity index (χ1) is 9.81. The highest BCUT2D eigenvalue weighted by Gasteiger charge is 2.16. The van der Waals surface area contributed by atoms with E-state index < -0.39 is 5.60 Å². The number of benzene rings is 1. The molecule has 0 bridgehead atoms. The molecule has 0 fully saturated rings. The van der Waals surface area contributed by atoms with E-state index in [0.717, 1.165) is 28.9 Å². The van der Waals surface area contributed by atoms with E-state index in [-0.39, 0.29) is 5.97 Å². The van der Waals surface area contributed by atoms with Gasteiger partial charge in [0.05, 0.1) is 5.75 Å². The summed E-state index contributed by atoms with van der Waals surface area (Å²) in [4.78, 5) is 12.8. The fourth-order valence-corrected chi connectivity index (χ4v) is 3.05. The summed E-state index contributed by atoms with van der Waals surface area (Å²) in [6.45, 7) is 9.66. The second-order valence-corrected chi connectivity index (χ2v) is 7.71. The molecule has 0 aliphatic heterocycles. The zero-order valence-corrected chi connectivity index (χ0v) is 15.6. The molecule has 0 radical (unpaired) electrons. The van der Waals surface area contributed by atoms with Crippen molar-refractivity contribution in [3.05, 3.63) is 28.2 Å². The van der Waals surface area contributed by atoms with Gasteiger partial charge in [-0.1, -0.05) is 28.9 Å². The van der Waals surface area contributed by atoms with Gasteiger partial charge in [0.15, 0.2) is 0 Å². The third-order valence-corrected chi connectivity index (χ3v) is 4.25. The SMILES string of the molecule is CCCNCc1ccc(SCC(=O)OC(C)(C)C)cc1Br. The van der Waals surface area contributed by atoms with Gasteiger partial charge < -0.3 is 10.1 Å². The van der Waals surface area contributed by atoms with Crippen molar-refractivity contribution in [3.63, 3.8) is 0 Å². The van der Waals surface area contributed by atoms with Crippen molar-refractivity contribution in [2.45, 2.75) is 51.2 Å². The minimum Gasteiger partial charge on any atom is -0.459 e. The Morgan fingerprint density at radius 1 is 1.38 bits per heavy atom. The highest BCUT2D eigenvalue weighted by Crippen LogP contribution is 2.26. The van der Waals surface area contributed by atoms with E-state index in [1.807, 2.05) is 26.8 Å². The minimum atomic E-state index is -0.424. The van der Waals surface area contributed by atoms with Crippen LogP contribution in [0.1, 0.15) is 39.7 Å². The molecule has 1 aromatic carbocycles. The van der Waals surface area contributed by atoms with Gasteiger partial charge in [0.2, 0.25) is 0 Å². The second kappa shape index (κ2) is 8.81. The molecule has 1 aromatic rings. The molecule has 0 amide bonds. The van der Waals surface area contributed by atoms with Crippen molar-refractivity contribution in [3.8, 4) is 0 Å². The molecule has 0 spiro atoms. The number of rotatable bonds is 7. The smallest absolute Gasteiger partial charge is 0.316 e. The van der Waals surface area contributed by atoms with Crippen LogP contribution in [0.2, 0.25) is 0 Å². The average molecular weight is 374 g/mol. The predicted molar refractivity (Wildman–Crippen MR) is 92.7 cm³/mol. The van der Waals surface area contributed by atoms with Crippen LogP contribution in [0.4, 0.5) is 0 Å². The molecule has 0 unspecified atom stereocenters. The van der Waals surface area contributed by atoms with Gasteiger partial charge in [-0.2, -0.15) is 0 Å². The first-order valence-electron chi connectivity index (χ1n) is 7.15. The first kappa shape index (κ1) is 18.5. The summed E-state index contributed by atoms with van der Waals surface area (Å²) in [5.41, 5.74) is 0.803. The monoisotopic (exact) mass is 373 g/mol. The maximum Gasteiger partial charge on any atom is 0.316 e. The van der Waals surface area contributed by atoms with E-state index in [0.29, 0.717) is 5.75 Å². The quantitative estimate of drug-likeness (QED) is 0.437. The van der Waals surface area contributed by atoms with Gasteiger partial charge in [-0.05, 0) is 51.4 Å². The van der Waals surface area contributed by atoms with Crippen LogP contribution in [0, 0.1) is 0 Å². The number of thioether (sulfide) groups is 1. The normalized spacial score (nSPS) is 11.5. The van der Waals surface area contributed by atoms with Gasteiger partial charge in [0, 0.05) is 15.9 Å². The van der Waals surface area contributed by atoms with Gasteiger partial charge in [-0.15, -0.1) is 11.8 Å². The molecule has 0 saturated carbocycles. The third-order valence-electron chi connectivity index (χ3n) is 2.54. The standard InChI is InChI=1S/C16H24BrNO2S/c1-5-8-18-10-12-6-7-13(9-14(12)17)21-11-15(19)20-16(2,3)4/h6-7,9,18H,5,8,10-11H2,1-4H3. The van der Waals surface area contributed by atoms with Crippen molar-refractivity contribution >= 4 is 33.7 Å². The molecule has 0 aromatic heterocycles. The fraction of sp³-hybridized carbons (Fsp3) is 0.562. The van der Waals surface area contributed by atoms with E-state index in [4.69, 9.17) is 4.74 Å². The average Bonchev–Trinajstić information content (AvgIpc) is 2.37. The fourth-order valence-electron chi connectivity index (χ4n) is 1.67. The number of nitrogens with one attached hydrogen (secondary N) is 1. The van der Waals surface area contributed by atoms with Crippen molar-refractivity contribution in [2.75, 3.05) is 12.3 Å². The summed E-state index contributed by atoms with van der Waals surface area (Å²) in [6.07, 6.45) is 1.13. The highest BCUT2D eigenvalue weighted by molar-refractivity contribution is 9.10. The number of carbonyl (C=O) groups excluding carboxylic acids is 1. The highest BCUT2D eigenvalue weighted by atomic mass is 79.9. The Morgan fingerprint density at radius 3 is 2.67 bits per heavy atom. The Morgan fingerprint density at radius 2 is 2.10 bits per heavy atom. The van der Waals surface area contributed by atoms with Crippen LogP contribution in [0.25, 0.3) is 0 Å². The zero-order valence-electron chi connectivity index (χ0n) is 13.2. The van der Waals surface area contributed by atoms with Crippen molar-refractivity contribution in [1.82, 2.24) is 5.32 Å². The molecule has 3 nitrogen and oxygen atoms in total. The van der Waals surface area contributed by atoms with Gasteiger partial charge in [-0.25, -0.2) is 0 Å². The Hall–Kier alpha value is -0.520. The summed E-state index contributed by atoms with van der Waals surface area (Å²) in [5.74, 6) is 0.147. The predicted octanol–water partition coefficient (Wildman–Crippen LogP) is 4.38. The molecule has 0 heterocycles. The number of esters is 1. The van der Waals surface area contributed by atoms with Crippen molar-refractivity contribution in [2.24, 2.45) is 0 Å². The van der Waals surface area contributed by atoms with E-state index >= 15 is 0 Å². The topological polar surface area (TPSA) is 38.3 Å². The minimum absolute atomic E-state index is 0.183. The molecule has 5 heteroatoms. The lowest BCUT2D eigenvalue weighted by Gasteiger charge is -2.19. The van der Waals surface area contributed by atoms with E-state index in [1.165, 1.54) is 17.3 Å². The molecule has 0 atom stereocenters.